The van der Waals surface area contributed by atoms with Gasteiger partial charge < -0.3 is 4.90 Å². The van der Waals surface area contributed by atoms with E-state index in [0.29, 0.717) is 16.2 Å². The molecule has 3 saturated heterocycles. The van der Waals surface area contributed by atoms with Gasteiger partial charge in [0.1, 0.15) is 0 Å². The first-order chi connectivity index (χ1) is 8.16. The highest BCUT2D eigenvalue weighted by Gasteiger charge is 2.65. The van der Waals surface area contributed by atoms with Crippen molar-refractivity contribution in [3.05, 3.63) is 0 Å². The van der Waals surface area contributed by atoms with Crippen LogP contribution in [0.25, 0.3) is 0 Å². The molecule has 104 valence electrons. The van der Waals surface area contributed by atoms with E-state index in [-0.39, 0.29) is 0 Å². The van der Waals surface area contributed by atoms with Crippen LogP contribution < -0.4 is 0 Å². The van der Waals surface area contributed by atoms with Crippen molar-refractivity contribution in [2.75, 3.05) is 19.6 Å². The lowest BCUT2D eigenvalue weighted by molar-refractivity contribution is -0.226. The molecule has 0 aromatic heterocycles. The van der Waals surface area contributed by atoms with Crippen molar-refractivity contribution in [1.29, 1.82) is 0 Å². The summed E-state index contributed by atoms with van der Waals surface area (Å²) < 4.78 is 0. The molecule has 1 saturated carbocycles. The van der Waals surface area contributed by atoms with Crippen molar-refractivity contribution >= 4 is 0 Å². The number of hydrogen-bond acceptors (Lipinski definition) is 1. The largest absolute Gasteiger partial charge is 0.302 e. The molecule has 3 aliphatic heterocycles. The summed E-state index contributed by atoms with van der Waals surface area (Å²) in [6.45, 7) is 19.2. The lowest BCUT2D eigenvalue weighted by Gasteiger charge is -2.71. The maximum atomic E-state index is 2.77. The van der Waals surface area contributed by atoms with E-state index < -0.39 is 0 Å². The molecule has 0 spiro atoms. The zero-order valence-corrected chi connectivity index (χ0v) is 13.2. The van der Waals surface area contributed by atoms with Gasteiger partial charge in [0.25, 0.3) is 0 Å². The molecule has 0 aromatic rings. The zero-order valence-electron chi connectivity index (χ0n) is 13.2. The molecular formula is C17H31N. The van der Waals surface area contributed by atoms with Crippen LogP contribution in [0.4, 0.5) is 0 Å². The van der Waals surface area contributed by atoms with Gasteiger partial charge in [-0.15, -0.1) is 0 Å². The Morgan fingerprint density at radius 1 is 0.778 bits per heavy atom. The molecule has 0 radical (unpaired) electrons. The zero-order chi connectivity index (χ0) is 13.3. The summed E-state index contributed by atoms with van der Waals surface area (Å²) in [5.74, 6) is 2.88. The van der Waals surface area contributed by atoms with Crippen LogP contribution in [0.5, 0.6) is 0 Å². The Hall–Kier alpha value is -0.0400. The maximum Gasteiger partial charge on any atom is 0.00158 e. The van der Waals surface area contributed by atoms with E-state index in [0.717, 1.165) is 17.8 Å². The van der Waals surface area contributed by atoms with Gasteiger partial charge in [0, 0.05) is 19.6 Å². The first kappa shape index (κ1) is 13.0. The van der Waals surface area contributed by atoms with Crippen LogP contribution in [0, 0.1) is 34.0 Å². The smallest absolute Gasteiger partial charge is 0.00158 e. The minimum Gasteiger partial charge on any atom is -0.302 e. The molecule has 4 fully saturated rings. The van der Waals surface area contributed by atoms with Gasteiger partial charge in [-0.25, -0.2) is 0 Å². The minimum atomic E-state index is 0.426. The fraction of sp³-hybridized carbons (Fsp3) is 1.00. The van der Waals surface area contributed by atoms with Crippen LogP contribution in [-0.4, -0.2) is 24.5 Å². The van der Waals surface area contributed by atoms with E-state index in [1.165, 1.54) is 32.5 Å². The standard InChI is InChI=1S/C17H31N/c1-15(2,3)17(16(4,5)6)13-7-12-8-14(17)11-18(9-12)10-13/h12-14H,7-11H2,1-6H3. The lowest BCUT2D eigenvalue weighted by atomic mass is 9.38. The highest BCUT2D eigenvalue weighted by Crippen LogP contribution is 2.68. The molecule has 0 N–H and O–H groups in total. The number of nitrogens with zero attached hydrogens (tertiary/aromatic N) is 1. The summed E-state index contributed by atoms with van der Waals surface area (Å²) in [5, 5.41) is 0. The third-order valence-corrected chi connectivity index (χ3v) is 6.48. The quantitative estimate of drug-likeness (QED) is 0.626. The van der Waals surface area contributed by atoms with Gasteiger partial charge in [-0.2, -0.15) is 0 Å². The molecule has 1 heteroatoms. The van der Waals surface area contributed by atoms with Crippen molar-refractivity contribution in [2.24, 2.45) is 34.0 Å². The third kappa shape index (κ3) is 1.43. The molecular weight excluding hydrogens is 218 g/mol. The molecule has 4 rings (SSSR count). The summed E-state index contributed by atoms with van der Waals surface area (Å²) in [6, 6.07) is 0. The Morgan fingerprint density at radius 2 is 1.22 bits per heavy atom. The summed E-state index contributed by atoms with van der Waals surface area (Å²) in [4.78, 5) is 2.77. The van der Waals surface area contributed by atoms with Gasteiger partial charge >= 0.3 is 0 Å². The van der Waals surface area contributed by atoms with E-state index in [9.17, 15) is 0 Å². The Labute approximate surface area is 113 Å². The lowest BCUT2D eigenvalue weighted by Crippen LogP contribution is -2.70. The van der Waals surface area contributed by atoms with Gasteiger partial charge in [0.05, 0.1) is 0 Å². The molecule has 4 aliphatic rings. The summed E-state index contributed by atoms with van der Waals surface area (Å²) >= 11 is 0. The van der Waals surface area contributed by atoms with Crippen molar-refractivity contribution in [3.63, 3.8) is 0 Å². The number of piperidine rings is 3. The highest BCUT2D eigenvalue weighted by molar-refractivity contribution is 5.14. The molecule has 0 aromatic carbocycles. The SMILES string of the molecule is CC(C)(C)C1(C(C)(C)C)C2CC3CC1CN(C3)C2. The molecule has 0 amide bonds. The third-order valence-electron chi connectivity index (χ3n) is 6.48. The minimum absolute atomic E-state index is 0.426. The molecule has 1 aliphatic carbocycles. The van der Waals surface area contributed by atoms with Crippen molar-refractivity contribution in [2.45, 2.75) is 54.4 Å². The second-order valence-electron chi connectivity index (χ2n) is 9.32. The summed E-state index contributed by atoms with van der Waals surface area (Å²) in [7, 11) is 0. The van der Waals surface area contributed by atoms with E-state index in [1.54, 1.807) is 0 Å². The second kappa shape index (κ2) is 3.53. The predicted octanol–water partition coefficient (Wildman–Crippen LogP) is 4.04. The van der Waals surface area contributed by atoms with E-state index >= 15 is 0 Å². The highest BCUT2D eigenvalue weighted by atomic mass is 15.2. The Balaban J connectivity index is 2.10. The maximum absolute atomic E-state index is 2.77. The molecule has 18 heavy (non-hydrogen) atoms. The summed E-state index contributed by atoms with van der Waals surface area (Å²) in [6.07, 6.45) is 3.00. The summed E-state index contributed by atoms with van der Waals surface area (Å²) in [5.41, 5.74) is 1.39. The van der Waals surface area contributed by atoms with Gasteiger partial charge in [0.2, 0.25) is 0 Å². The van der Waals surface area contributed by atoms with Crippen molar-refractivity contribution in [3.8, 4) is 0 Å². The van der Waals surface area contributed by atoms with E-state index in [4.69, 9.17) is 0 Å². The fourth-order valence-corrected chi connectivity index (χ4v) is 6.98. The Bertz CT molecular complexity index is 298. The van der Waals surface area contributed by atoms with Crippen LogP contribution in [0.3, 0.4) is 0 Å². The van der Waals surface area contributed by atoms with Gasteiger partial charge in [0.15, 0.2) is 0 Å². The molecule has 2 unspecified atom stereocenters. The molecule has 3 heterocycles. The van der Waals surface area contributed by atoms with Crippen LogP contribution in [0.2, 0.25) is 0 Å². The van der Waals surface area contributed by atoms with Gasteiger partial charge in [-0.1, -0.05) is 41.5 Å². The monoisotopic (exact) mass is 249 g/mol. The second-order valence-corrected chi connectivity index (χ2v) is 9.32. The number of hydrogen-bond donors (Lipinski definition) is 0. The average molecular weight is 249 g/mol. The molecule has 4 bridgehead atoms. The topological polar surface area (TPSA) is 3.24 Å². The van der Waals surface area contributed by atoms with Gasteiger partial charge in [-0.05, 0) is 46.8 Å². The Kier molecular flexibility index (Phi) is 2.55. The van der Waals surface area contributed by atoms with Crippen LogP contribution in [0.1, 0.15) is 54.4 Å². The first-order valence-corrected chi connectivity index (χ1v) is 7.88. The van der Waals surface area contributed by atoms with Crippen molar-refractivity contribution < 1.29 is 0 Å². The molecule has 1 nitrogen and oxygen atoms in total. The molecule has 2 atom stereocenters. The normalized spacial score (nSPS) is 42.3. The van der Waals surface area contributed by atoms with E-state index in [2.05, 4.69) is 46.4 Å². The van der Waals surface area contributed by atoms with Crippen LogP contribution >= 0.6 is 0 Å². The van der Waals surface area contributed by atoms with Crippen LogP contribution in [-0.2, 0) is 0 Å². The number of rotatable bonds is 0. The van der Waals surface area contributed by atoms with Crippen molar-refractivity contribution in [1.82, 2.24) is 4.90 Å². The average Bonchev–Trinajstić information content (AvgIpc) is 2.10. The first-order valence-electron chi connectivity index (χ1n) is 7.88. The van der Waals surface area contributed by atoms with E-state index in [1.807, 2.05) is 0 Å². The Morgan fingerprint density at radius 3 is 1.56 bits per heavy atom. The predicted molar refractivity (Wildman–Crippen MR) is 77.5 cm³/mol. The van der Waals surface area contributed by atoms with Gasteiger partial charge in [-0.3, -0.25) is 0 Å². The van der Waals surface area contributed by atoms with Crippen LogP contribution in [0.15, 0.2) is 0 Å². The fourth-order valence-electron chi connectivity index (χ4n) is 6.98.